The molecule has 0 aromatic heterocycles. The molecular formula is C8H18BNO5S. The van der Waals surface area contributed by atoms with E-state index in [-0.39, 0.29) is 6.43 Å². The second-order valence-electron chi connectivity index (χ2n) is 4.03. The van der Waals surface area contributed by atoms with Gasteiger partial charge in [0.2, 0.25) is 0 Å². The van der Waals surface area contributed by atoms with Crippen LogP contribution in [0.15, 0.2) is 0 Å². The van der Waals surface area contributed by atoms with E-state index in [9.17, 15) is 18.2 Å². The van der Waals surface area contributed by atoms with E-state index in [2.05, 4.69) is 5.32 Å². The van der Waals surface area contributed by atoms with E-state index in [1.807, 2.05) is 13.8 Å². The third-order valence-corrected chi connectivity index (χ3v) is 3.26. The Bertz CT molecular complexity index is 306. The Balaban J connectivity index is 3.96. The fourth-order valence-electron chi connectivity index (χ4n) is 1.01. The minimum atomic E-state index is -4.16. The van der Waals surface area contributed by atoms with Crippen molar-refractivity contribution in [3.63, 3.8) is 0 Å². The molecule has 0 saturated carbocycles. The van der Waals surface area contributed by atoms with E-state index in [0.717, 1.165) is 6.42 Å². The summed E-state index contributed by atoms with van der Waals surface area (Å²) in [4.78, 5) is 0. The normalized spacial score (nSPS) is 15.8. The Hall–Kier alpha value is -0.305. The summed E-state index contributed by atoms with van der Waals surface area (Å²) >= 11 is 0. The Morgan fingerprint density at radius 1 is 1.31 bits per heavy atom. The predicted molar refractivity (Wildman–Crippen MR) is 59.4 cm³/mol. The molecule has 0 fully saturated rings. The molecule has 2 unspecified atom stereocenters. The molecule has 0 aliphatic carbocycles. The first-order valence-corrected chi connectivity index (χ1v) is 6.69. The van der Waals surface area contributed by atoms with Crippen molar-refractivity contribution in [2.75, 3.05) is 6.54 Å². The van der Waals surface area contributed by atoms with Crippen LogP contribution in [-0.4, -0.2) is 43.3 Å². The molecule has 0 aliphatic rings. The summed E-state index contributed by atoms with van der Waals surface area (Å²) in [5.74, 6) is 0.461. The van der Waals surface area contributed by atoms with Gasteiger partial charge in [0.25, 0.3) is 0 Å². The van der Waals surface area contributed by atoms with Gasteiger partial charge in [-0.15, -0.1) is 0 Å². The number of aliphatic hydroxyl groups excluding tert-OH is 2. The summed E-state index contributed by atoms with van der Waals surface area (Å²) in [6.07, 6.45) is -1.03. The number of hydrogen-bond donors (Lipinski definition) is 3. The molecule has 0 spiro atoms. The van der Waals surface area contributed by atoms with Crippen LogP contribution in [0.1, 0.15) is 26.7 Å². The van der Waals surface area contributed by atoms with Crippen LogP contribution in [0.5, 0.6) is 0 Å². The van der Waals surface area contributed by atoms with Gasteiger partial charge in [0.05, 0.1) is 0 Å². The zero-order chi connectivity index (χ0) is 12.8. The SMILES string of the molecule is CC(C)CCNC(O)CC(O)S(=O)(=O)B=O. The topological polar surface area (TPSA) is 104 Å². The monoisotopic (exact) mass is 251 g/mol. The van der Waals surface area contributed by atoms with Gasteiger partial charge >= 0.3 is 95.6 Å². The van der Waals surface area contributed by atoms with Gasteiger partial charge in [0.1, 0.15) is 0 Å². The fraction of sp³-hybridized carbons (Fsp3) is 1.00. The molecule has 94 valence electrons. The van der Waals surface area contributed by atoms with Gasteiger partial charge in [-0.25, -0.2) is 0 Å². The van der Waals surface area contributed by atoms with Crippen LogP contribution in [0.4, 0.5) is 0 Å². The molecule has 0 rings (SSSR count). The van der Waals surface area contributed by atoms with Crippen molar-refractivity contribution in [3.05, 3.63) is 0 Å². The summed E-state index contributed by atoms with van der Waals surface area (Å²) in [5.41, 5.74) is -1.86. The van der Waals surface area contributed by atoms with Gasteiger partial charge in [-0.2, -0.15) is 0 Å². The van der Waals surface area contributed by atoms with Crippen LogP contribution in [0, 0.1) is 5.92 Å². The summed E-state index contributed by atoms with van der Waals surface area (Å²) < 4.78 is 31.8. The Labute approximate surface area is 96.1 Å². The van der Waals surface area contributed by atoms with Crippen molar-refractivity contribution in [2.24, 2.45) is 5.92 Å². The van der Waals surface area contributed by atoms with E-state index >= 15 is 0 Å². The van der Waals surface area contributed by atoms with E-state index in [1.165, 1.54) is 0 Å². The molecule has 0 aromatic rings. The molecular weight excluding hydrogens is 233 g/mol. The molecule has 2 atom stereocenters. The number of rotatable bonds is 8. The van der Waals surface area contributed by atoms with E-state index < -0.39 is 27.8 Å². The average molecular weight is 251 g/mol. The number of nitrogens with one attached hydrogen (secondary N) is 1. The van der Waals surface area contributed by atoms with Crippen LogP contribution in [-0.2, 0) is 14.4 Å². The fourth-order valence-corrected chi connectivity index (χ4v) is 1.59. The van der Waals surface area contributed by atoms with Gasteiger partial charge in [-0.3, -0.25) is 0 Å². The summed E-state index contributed by atoms with van der Waals surface area (Å²) in [7, 11) is -4.16. The molecule has 0 amide bonds. The van der Waals surface area contributed by atoms with Gasteiger partial charge in [0, 0.05) is 0 Å². The van der Waals surface area contributed by atoms with Crippen LogP contribution in [0.3, 0.4) is 0 Å². The molecule has 0 radical (unpaired) electrons. The summed E-state index contributed by atoms with van der Waals surface area (Å²) in [6, 6.07) is 0. The minimum absolute atomic E-state index is 0.307. The van der Waals surface area contributed by atoms with Crippen molar-refractivity contribution in [1.29, 1.82) is 0 Å². The molecule has 0 aromatic carbocycles. The van der Waals surface area contributed by atoms with Crippen molar-refractivity contribution < 1.29 is 23.3 Å². The van der Waals surface area contributed by atoms with Crippen LogP contribution in [0.2, 0.25) is 0 Å². The zero-order valence-electron chi connectivity index (χ0n) is 9.46. The Kier molecular flexibility index (Phi) is 6.97. The van der Waals surface area contributed by atoms with Crippen molar-refractivity contribution in [3.8, 4) is 0 Å². The van der Waals surface area contributed by atoms with E-state index in [4.69, 9.17) is 5.11 Å². The molecule has 8 heteroatoms. The summed E-state index contributed by atoms with van der Waals surface area (Å²) in [5, 5.41) is 21.1. The van der Waals surface area contributed by atoms with Gasteiger partial charge in [-0.05, 0) is 0 Å². The third kappa shape index (κ3) is 6.31. The van der Waals surface area contributed by atoms with Gasteiger partial charge < -0.3 is 0 Å². The Morgan fingerprint density at radius 2 is 1.88 bits per heavy atom. The maximum absolute atomic E-state index is 10.9. The maximum atomic E-state index is 10.9. The van der Waals surface area contributed by atoms with Gasteiger partial charge in [0.15, 0.2) is 0 Å². The van der Waals surface area contributed by atoms with E-state index in [0.29, 0.717) is 12.5 Å². The first-order valence-electron chi connectivity index (χ1n) is 5.08. The molecule has 0 bridgehead atoms. The number of aliphatic hydroxyl groups is 2. The first kappa shape index (κ1) is 15.7. The standard InChI is InChI=1S/C8H18BNO5S/c1-6(2)3-4-10-7(11)5-8(12)16(14,15)9-13/h6-8,10-12H,3-5H2,1-2H3. The van der Waals surface area contributed by atoms with E-state index in [1.54, 1.807) is 0 Å². The molecule has 3 N–H and O–H groups in total. The van der Waals surface area contributed by atoms with Crippen molar-refractivity contribution in [1.82, 2.24) is 5.32 Å². The molecule has 0 heterocycles. The average Bonchev–Trinajstić information content (AvgIpc) is 2.16. The number of hydrogen-bond acceptors (Lipinski definition) is 6. The quantitative estimate of drug-likeness (QED) is 0.378. The molecule has 6 nitrogen and oxygen atoms in total. The molecule has 0 saturated heterocycles. The molecule has 0 aliphatic heterocycles. The third-order valence-electron chi connectivity index (χ3n) is 2.04. The first-order chi connectivity index (χ1) is 7.29. The molecule has 16 heavy (non-hydrogen) atoms. The van der Waals surface area contributed by atoms with Crippen LogP contribution >= 0.6 is 0 Å². The Morgan fingerprint density at radius 3 is 2.31 bits per heavy atom. The van der Waals surface area contributed by atoms with Crippen LogP contribution < -0.4 is 5.32 Å². The van der Waals surface area contributed by atoms with Gasteiger partial charge in [-0.1, -0.05) is 0 Å². The van der Waals surface area contributed by atoms with Crippen molar-refractivity contribution >= 4 is 16.1 Å². The second-order valence-corrected chi connectivity index (χ2v) is 5.94. The second kappa shape index (κ2) is 7.11. The van der Waals surface area contributed by atoms with Crippen molar-refractivity contribution in [2.45, 2.75) is 38.4 Å². The summed E-state index contributed by atoms with van der Waals surface area (Å²) in [6.45, 7) is 4.55. The zero-order valence-corrected chi connectivity index (χ0v) is 10.3. The van der Waals surface area contributed by atoms with Crippen LogP contribution in [0.25, 0.3) is 0 Å². The predicted octanol–water partition coefficient (Wildman–Crippen LogP) is -0.971.